The molecule has 0 spiro atoms. The lowest BCUT2D eigenvalue weighted by atomic mass is 9.97. The predicted octanol–water partition coefficient (Wildman–Crippen LogP) is -0.964. The van der Waals surface area contributed by atoms with Gasteiger partial charge in [0.25, 0.3) is 0 Å². The van der Waals surface area contributed by atoms with Gasteiger partial charge in [-0.2, -0.15) is 0 Å². The van der Waals surface area contributed by atoms with Crippen molar-refractivity contribution in [1.82, 2.24) is 0 Å². The summed E-state index contributed by atoms with van der Waals surface area (Å²) < 4.78 is 72.0. The molecule has 312 valence electrons. The lowest BCUT2D eigenvalue weighted by Gasteiger charge is -2.45. The summed E-state index contributed by atoms with van der Waals surface area (Å²) >= 11 is 0. The molecule has 0 aromatic carbocycles. The monoisotopic (exact) mass is 804 g/mol. The highest BCUT2D eigenvalue weighted by molar-refractivity contribution is 5.94. The van der Waals surface area contributed by atoms with Crippen molar-refractivity contribution in [3.63, 3.8) is 0 Å². The van der Waals surface area contributed by atoms with E-state index in [0.717, 1.165) is 67.7 Å². The first kappa shape index (κ1) is 45.2. The van der Waals surface area contributed by atoms with Gasteiger partial charge in [-0.05, 0) is 0 Å². The number of rotatable bonds is 15. The second kappa shape index (κ2) is 20.6. The van der Waals surface area contributed by atoms with E-state index in [-0.39, 0.29) is 0 Å². The molecule has 3 aliphatic heterocycles. The molecule has 0 unspecified atom stereocenters. The van der Waals surface area contributed by atoms with Gasteiger partial charge in [-0.3, -0.25) is 43.2 Å². The van der Waals surface area contributed by atoms with Gasteiger partial charge in [0, 0.05) is 61.5 Å². The molecule has 22 heteroatoms. The number of carbonyl (C=O) groups excluding carboxylic acids is 9. The molecular formula is C34H44O22. The molecule has 12 atom stereocenters. The third-order valence-electron chi connectivity index (χ3n) is 7.71. The minimum Gasteiger partial charge on any atom is -0.492 e. The largest absolute Gasteiger partial charge is 0.492 e. The highest BCUT2D eigenvalue weighted by Gasteiger charge is 2.56. The third-order valence-corrected chi connectivity index (χ3v) is 7.71. The van der Waals surface area contributed by atoms with Crippen molar-refractivity contribution in [2.75, 3.05) is 19.8 Å². The van der Waals surface area contributed by atoms with Crippen molar-refractivity contribution in [1.29, 1.82) is 0 Å². The average molecular weight is 805 g/mol. The summed E-state index contributed by atoms with van der Waals surface area (Å²) in [5.74, 6) is -7.62. The van der Waals surface area contributed by atoms with Crippen molar-refractivity contribution in [2.24, 2.45) is 0 Å². The van der Waals surface area contributed by atoms with Crippen molar-refractivity contribution in [3.05, 3.63) is 12.3 Å². The molecule has 56 heavy (non-hydrogen) atoms. The SMILES string of the molecule is CC(=O)OC[C@H]1O[C@@H](OC[C@@H]2OC=CC(=O)[C@@H]2O[C@@H]2O[C@H](COC(C)=O)[C@@H](OC(C)=O)[C@H](OC(C)=O)[C@H]2OC(C)=O)[C@H](OC(C)=O)[C@@H](OC(C)=O)[C@H]1OC(C)=O. The van der Waals surface area contributed by atoms with Crippen LogP contribution >= 0.6 is 0 Å². The van der Waals surface area contributed by atoms with Crippen LogP contribution in [0.4, 0.5) is 0 Å². The van der Waals surface area contributed by atoms with E-state index < -0.39 is 147 Å². The van der Waals surface area contributed by atoms with Gasteiger partial charge in [0.1, 0.15) is 25.4 Å². The highest BCUT2D eigenvalue weighted by atomic mass is 16.8. The molecule has 2 saturated heterocycles. The molecule has 0 aromatic heterocycles. The van der Waals surface area contributed by atoms with Gasteiger partial charge in [0.05, 0.1) is 12.9 Å². The summed E-state index contributed by atoms with van der Waals surface area (Å²) in [7, 11) is 0. The van der Waals surface area contributed by atoms with Crippen molar-refractivity contribution >= 4 is 53.5 Å². The predicted molar refractivity (Wildman–Crippen MR) is 174 cm³/mol. The summed E-state index contributed by atoms with van der Waals surface area (Å²) in [4.78, 5) is 110. The molecule has 3 aliphatic rings. The minimum absolute atomic E-state index is 0.548. The van der Waals surface area contributed by atoms with E-state index in [1.54, 1.807) is 0 Å². The molecule has 3 rings (SSSR count). The van der Waals surface area contributed by atoms with E-state index in [1.807, 2.05) is 0 Å². The summed E-state index contributed by atoms with van der Waals surface area (Å²) in [5.41, 5.74) is 0. The molecule has 0 saturated carbocycles. The summed E-state index contributed by atoms with van der Waals surface area (Å²) in [6, 6.07) is 0. The molecule has 0 amide bonds. The fourth-order valence-electron chi connectivity index (χ4n) is 5.79. The molecule has 22 nitrogen and oxygen atoms in total. The van der Waals surface area contributed by atoms with E-state index in [2.05, 4.69) is 0 Å². The smallest absolute Gasteiger partial charge is 0.303 e. The van der Waals surface area contributed by atoms with Gasteiger partial charge in [-0.25, -0.2) is 0 Å². The molecule has 0 aromatic rings. The minimum atomic E-state index is -1.80. The van der Waals surface area contributed by atoms with Crippen molar-refractivity contribution < 1.29 is 105 Å². The van der Waals surface area contributed by atoms with Gasteiger partial charge in [-0.15, -0.1) is 0 Å². The fraction of sp³-hybridized carbons (Fsp3) is 0.676. The molecule has 2 fully saturated rings. The number of hydrogen-bond acceptors (Lipinski definition) is 22. The zero-order chi connectivity index (χ0) is 41.9. The third kappa shape index (κ3) is 13.2. The van der Waals surface area contributed by atoms with Crippen LogP contribution < -0.4 is 0 Å². The van der Waals surface area contributed by atoms with Crippen LogP contribution in [0.25, 0.3) is 0 Å². The Hall–Kier alpha value is -5.19. The second-order valence-electron chi connectivity index (χ2n) is 12.4. The fourth-order valence-corrected chi connectivity index (χ4v) is 5.79. The number of ketones is 1. The Kier molecular flexibility index (Phi) is 16.7. The van der Waals surface area contributed by atoms with Gasteiger partial charge in [-0.1, -0.05) is 0 Å². The molecule has 3 heterocycles. The summed E-state index contributed by atoms with van der Waals surface area (Å²) in [6.07, 6.45) is -16.8. The quantitative estimate of drug-likeness (QED) is 0.142. The Bertz CT molecular complexity index is 1520. The van der Waals surface area contributed by atoms with Crippen molar-refractivity contribution in [2.45, 2.75) is 129 Å². The number of ether oxygens (including phenoxy) is 13. The Labute approximate surface area is 319 Å². The first-order valence-electron chi connectivity index (χ1n) is 17.0. The van der Waals surface area contributed by atoms with Crippen LogP contribution in [0.15, 0.2) is 12.3 Å². The van der Waals surface area contributed by atoms with Crippen molar-refractivity contribution in [3.8, 4) is 0 Å². The molecule has 0 N–H and O–H groups in total. The van der Waals surface area contributed by atoms with Gasteiger partial charge < -0.3 is 61.6 Å². The van der Waals surface area contributed by atoms with Crippen LogP contribution in [0.5, 0.6) is 0 Å². The zero-order valence-electron chi connectivity index (χ0n) is 31.7. The van der Waals surface area contributed by atoms with Crippen LogP contribution in [0, 0.1) is 0 Å². The van der Waals surface area contributed by atoms with Crippen LogP contribution in [0.2, 0.25) is 0 Å². The molecule has 0 aliphatic carbocycles. The number of carbonyl (C=O) groups is 9. The van der Waals surface area contributed by atoms with Gasteiger partial charge in [0.2, 0.25) is 0 Å². The molecule has 0 bridgehead atoms. The first-order chi connectivity index (χ1) is 26.3. The standard InChI is InChI=1S/C34H44O22/c1-14(35)45-12-24-27(48-16(3)37)29(50-18(5)39)31(52-20(7)41)33(54-24)47-11-23-26(22(43)9-10-44-23)56-34-32(53-21(8)42)30(51-19(6)40)28(49-17(4)38)25(55-34)13-46-15(2)36/h9-10,23-34H,11-13H2,1-8H3/t23-,24+,25+,26-,27-,28+,29-,30-,31+,32+,33+,34-/m0/s1. The van der Waals surface area contributed by atoms with E-state index in [4.69, 9.17) is 61.6 Å². The van der Waals surface area contributed by atoms with E-state index in [0.29, 0.717) is 0 Å². The maximum absolute atomic E-state index is 13.4. The Morgan fingerprint density at radius 2 is 0.857 bits per heavy atom. The summed E-state index contributed by atoms with van der Waals surface area (Å²) in [5, 5.41) is 0. The van der Waals surface area contributed by atoms with Gasteiger partial charge in [0.15, 0.2) is 67.2 Å². The lowest BCUT2D eigenvalue weighted by molar-refractivity contribution is -0.326. The average Bonchev–Trinajstić information content (AvgIpc) is 3.06. The molecular weight excluding hydrogens is 760 g/mol. The maximum atomic E-state index is 13.4. The highest BCUT2D eigenvalue weighted by Crippen LogP contribution is 2.33. The normalized spacial score (nSPS) is 31.0. The number of esters is 8. The second-order valence-corrected chi connectivity index (χ2v) is 12.4. The zero-order valence-corrected chi connectivity index (χ0v) is 31.7. The van der Waals surface area contributed by atoms with Crippen LogP contribution in [-0.4, -0.2) is 147 Å². The topological polar surface area (TPSA) is 274 Å². The Balaban J connectivity index is 1.99. The Morgan fingerprint density at radius 1 is 0.482 bits per heavy atom. The van der Waals surface area contributed by atoms with Crippen LogP contribution in [-0.2, 0) is 105 Å². The first-order valence-corrected chi connectivity index (χ1v) is 17.0. The van der Waals surface area contributed by atoms with E-state index in [9.17, 15) is 43.2 Å². The molecule has 0 radical (unpaired) electrons. The van der Waals surface area contributed by atoms with E-state index >= 15 is 0 Å². The van der Waals surface area contributed by atoms with Gasteiger partial charge >= 0.3 is 47.8 Å². The Morgan fingerprint density at radius 3 is 1.27 bits per heavy atom. The van der Waals surface area contributed by atoms with Crippen LogP contribution in [0.3, 0.4) is 0 Å². The lowest BCUT2D eigenvalue weighted by Crippen LogP contribution is -2.64. The van der Waals surface area contributed by atoms with E-state index in [1.165, 1.54) is 0 Å². The maximum Gasteiger partial charge on any atom is 0.303 e. The number of hydrogen-bond donors (Lipinski definition) is 0. The van der Waals surface area contributed by atoms with Crippen LogP contribution in [0.1, 0.15) is 55.4 Å². The summed E-state index contributed by atoms with van der Waals surface area (Å²) in [6.45, 7) is 6.59.